The van der Waals surface area contributed by atoms with Crippen molar-refractivity contribution in [2.24, 2.45) is 0 Å². The Morgan fingerprint density at radius 1 is 1.47 bits per heavy atom. The molecule has 4 heteroatoms. The average Bonchev–Trinajstić information content (AvgIpc) is 2.66. The fourth-order valence-electron chi connectivity index (χ4n) is 1.97. The van der Waals surface area contributed by atoms with Crippen LogP contribution in [0, 0.1) is 6.92 Å². The summed E-state index contributed by atoms with van der Waals surface area (Å²) in [7, 11) is 2.18. The maximum absolute atomic E-state index is 3.38. The zero-order valence-electron chi connectivity index (χ0n) is 9.49. The molecular formula is C11H19N3S. The van der Waals surface area contributed by atoms with E-state index >= 15 is 0 Å². The lowest BCUT2D eigenvalue weighted by Crippen LogP contribution is -2.47. The minimum Gasteiger partial charge on any atom is -0.353 e. The van der Waals surface area contributed by atoms with Crippen LogP contribution in [0.2, 0.25) is 0 Å². The molecule has 0 radical (unpaired) electrons. The third kappa shape index (κ3) is 2.71. The van der Waals surface area contributed by atoms with Gasteiger partial charge in [-0.25, -0.2) is 0 Å². The van der Waals surface area contributed by atoms with Crippen molar-refractivity contribution in [3.8, 4) is 0 Å². The number of rotatable bonds is 3. The molecule has 0 amide bonds. The molecule has 2 rings (SSSR count). The Labute approximate surface area is 95.7 Å². The summed E-state index contributed by atoms with van der Waals surface area (Å²) in [5.74, 6) is 0. The zero-order chi connectivity index (χ0) is 10.7. The molecule has 1 aromatic rings. The molecule has 3 nitrogen and oxygen atoms in total. The van der Waals surface area contributed by atoms with E-state index in [1.807, 2.05) is 11.3 Å². The van der Waals surface area contributed by atoms with E-state index in [1.54, 1.807) is 0 Å². The van der Waals surface area contributed by atoms with E-state index in [0.29, 0.717) is 0 Å². The first-order chi connectivity index (χ1) is 7.27. The van der Waals surface area contributed by atoms with Crippen molar-refractivity contribution in [2.45, 2.75) is 6.92 Å². The normalized spacial score (nSPS) is 18.0. The van der Waals surface area contributed by atoms with E-state index in [0.717, 1.165) is 32.8 Å². The van der Waals surface area contributed by atoms with Gasteiger partial charge in [0.2, 0.25) is 0 Å². The standard InChI is InChI=1S/C11H19N3S/c1-10-3-8-15-11(10)13(2)9-14-6-4-12-5-7-14/h3,8,12H,4-7,9H2,1-2H3. The predicted octanol–water partition coefficient (Wildman–Crippen LogP) is 1.36. The molecule has 1 aliphatic rings. The number of thiophene rings is 1. The molecule has 1 saturated heterocycles. The Bertz CT molecular complexity index is 305. The summed E-state index contributed by atoms with van der Waals surface area (Å²) in [4.78, 5) is 4.85. The van der Waals surface area contributed by atoms with Gasteiger partial charge in [0.25, 0.3) is 0 Å². The molecule has 0 aliphatic carbocycles. The highest BCUT2D eigenvalue weighted by Gasteiger charge is 2.13. The van der Waals surface area contributed by atoms with Crippen molar-refractivity contribution in [3.05, 3.63) is 17.0 Å². The SMILES string of the molecule is Cc1ccsc1N(C)CN1CCNCC1. The van der Waals surface area contributed by atoms with Gasteiger partial charge < -0.3 is 10.2 Å². The Balaban J connectivity index is 1.91. The van der Waals surface area contributed by atoms with Gasteiger partial charge in [0.15, 0.2) is 0 Å². The summed E-state index contributed by atoms with van der Waals surface area (Å²) in [6.07, 6.45) is 0. The quantitative estimate of drug-likeness (QED) is 0.838. The van der Waals surface area contributed by atoms with Crippen LogP contribution in [0.1, 0.15) is 5.56 Å². The number of anilines is 1. The van der Waals surface area contributed by atoms with Crippen molar-refractivity contribution < 1.29 is 0 Å². The van der Waals surface area contributed by atoms with Gasteiger partial charge in [-0.3, -0.25) is 4.90 Å². The fraction of sp³-hybridized carbons (Fsp3) is 0.636. The van der Waals surface area contributed by atoms with Crippen LogP contribution >= 0.6 is 11.3 Å². The lowest BCUT2D eigenvalue weighted by Gasteiger charge is -2.31. The minimum absolute atomic E-state index is 1.04. The van der Waals surface area contributed by atoms with Crippen LogP contribution in [-0.2, 0) is 0 Å². The van der Waals surface area contributed by atoms with Crippen LogP contribution < -0.4 is 10.2 Å². The number of hydrogen-bond acceptors (Lipinski definition) is 4. The van der Waals surface area contributed by atoms with E-state index in [9.17, 15) is 0 Å². The first-order valence-electron chi connectivity index (χ1n) is 5.45. The summed E-state index contributed by atoms with van der Waals surface area (Å²) in [5, 5.41) is 6.94. The van der Waals surface area contributed by atoms with Gasteiger partial charge in [0.1, 0.15) is 0 Å². The van der Waals surface area contributed by atoms with Gasteiger partial charge in [-0.2, -0.15) is 0 Å². The lowest BCUT2D eigenvalue weighted by molar-refractivity contribution is 0.244. The third-order valence-electron chi connectivity index (χ3n) is 2.80. The third-order valence-corrected chi connectivity index (χ3v) is 3.93. The van der Waals surface area contributed by atoms with Crippen LogP contribution in [0.15, 0.2) is 11.4 Å². The fourth-order valence-corrected chi connectivity index (χ4v) is 2.87. The summed E-state index contributed by atoms with van der Waals surface area (Å²) in [6.45, 7) is 7.79. The maximum Gasteiger partial charge on any atom is 0.0946 e. The van der Waals surface area contributed by atoms with E-state index in [2.05, 4.69) is 40.5 Å². The van der Waals surface area contributed by atoms with E-state index in [-0.39, 0.29) is 0 Å². The van der Waals surface area contributed by atoms with Crippen LogP contribution in [0.4, 0.5) is 5.00 Å². The number of nitrogens with one attached hydrogen (secondary N) is 1. The predicted molar refractivity (Wildman–Crippen MR) is 66.8 cm³/mol. The monoisotopic (exact) mass is 225 g/mol. The van der Waals surface area contributed by atoms with Gasteiger partial charge in [-0.15, -0.1) is 11.3 Å². The molecule has 0 aromatic carbocycles. The van der Waals surface area contributed by atoms with Gasteiger partial charge in [0, 0.05) is 33.2 Å². The number of aryl methyl sites for hydroxylation is 1. The molecule has 84 valence electrons. The highest BCUT2D eigenvalue weighted by molar-refractivity contribution is 7.14. The first-order valence-corrected chi connectivity index (χ1v) is 6.33. The Kier molecular flexibility index (Phi) is 3.61. The Morgan fingerprint density at radius 3 is 2.80 bits per heavy atom. The topological polar surface area (TPSA) is 18.5 Å². The number of nitrogens with zero attached hydrogens (tertiary/aromatic N) is 2. The van der Waals surface area contributed by atoms with E-state index in [4.69, 9.17) is 0 Å². The average molecular weight is 225 g/mol. The second-order valence-electron chi connectivity index (χ2n) is 4.12. The molecule has 0 bridgehead atoms. The maximum atomic E-state index is 3.38. The minimum atomic E-state index is 1.04. The second-order valence-corrected chi connectivity index (χ2v) is 5.01. The molecule has 1 aliphatic heterocycles. The Hall–Kier alpha value is -0.580. The second kappa shape index (κ2) is 4.96. The molecule has 0 spiro atoms. The van der Waals surface area contributed by atoms with Crippen molar-refractivity contribution in [2.75, 3.05) is 44.8 Å². The summed E-state index contributed by atoms with van der Waals surface area (Å²) >= 11 is 1.83. The number of hydrogen-bond donors (Lipinski definition) is 1. The highest BCUT2D eigenvalue weighted by Crippen LogP contribution is 2.25. The van der Waals surface area contributed by atoms with Crippen LogP contribution in [0.25, 0.3) is 0 Å². The van der Waals surface area contributed by atoms with Crippen molar-refractivity contribution in [1.82, 2.24) is 10.2 Å². The summed E-state index contributed by atoms with van der Waals surface area (Å²) in [5.41, 5.74) is 1.39. The summed E-state index contributed by atoms with van der Waals surface area (Å²) < 4.78 is 0. The largest absolute Gasteiger partial charge is 0.353 e. The molecule has 0 saturated carbocycles. The van der Waals surface area contributed by atoms with Crippen molar-refractivity contribution in [1.29, 1.82) is 0 Å². The van der Waals surface area contributed by atoms with Gasteiger partial charge in [-0.05, 0) is 23.9 Å². The Morgan fingerprint density at radius 2 is 2.20 bits per heavy atom. The van der Waals surface area contributed by atoms with Gasteiger partial charge >= 0.3 is 0 Å². The molecule has 1 aromatic heterocycles. The van der Waals surface area contributed by atoms with Crippen LogP contribution in [0.5, 0.6) is 0 Å². The highest BCUT2D eigenvalue weighted by atomic mass is 32.1. The number of piperazine rings is 1. The van der Waals surface area contributed by atoms with Crippen LogP contribution in [0.3, 0.4) is 0 Å². The van der Waals surface area contributed by atoms with Crippen molar-refractivity contribution >= 4 is 16.3 Å². The van der Waals surface area contributed by atoms with Gasteiger partial charge in [-0.1, -0.05) is 0 Å². The molecule has 2 heterocycles. The molecule has 1 fully saturated rings. The van der Waals surface area contributed by atoms with E-state index in [1.165, 1.54) is 10.6 Å². The lowest BCUT2D eigenvalue weighted by atomic mass is 10.3. The molecule has 1 N–H and O–H groups in total. The molecule has 0 atom stereocenters. The molecule has 15 heavy (non-hydrogen) atoms. The first kappa shape index (κ1) is 10.9. The smallest absolute Gasteiger partial charge is 0.0946 e. The van der Waals surface area contributed by atoms with E-state index < -0.39 is 0 Å². The molecule has 0 unspecified atom stereocenters. The summed E-state index contributed by atoms with van der Waals surface area (Å²) in [6, 6.07) is 2.19. The molecular weight excluding hydrogens is 206 g/mol. The zero-order valence-corrected chi connectivity index (χ0v) is 10.3. The van der Waals surface area contributed by atoms with Crippen LogP contribution in [-0.4, -0.2) is 44.8 Å². The van der Waals surface area contributed by atoms with Crippen molar-refractivity contribution in [3.63, 3.8) is 0 Å². The van der Waals surface area contributed by atoms with Gasteiger partial charge in [0.05, 0.1) is 11.7 Å².